The number of carboxylic acids is 1. The van der Waals surface area contributed by atoms with Crippen LogP contribution in [-0.4, -0.2) is 39.8 Å². The van der Waals surface area contributed by atoms with Crippen molar-refractivity contribution in [3.05, 3.63) is 33.9 Å². The maximum Gasteiger partial charge on any atom is 0.342 e. The monoisotopic (exact) mass is 294 g/mol. The van der Waals surface area contributed by atoms with Crippen molar-refractivity contribution in [2.45, 2.75) is 31.8 Å². The Morgan fingerprint density at radius 2 is 2.10 bits per heavy atom. The Hall–Kier alpha value is -2.15. The summed E-state index contributed by atoms with van der Waals surface area (Å²) in [5.74, 6) is -1.31. The van der Waals surface area contributed by atoms with Crippen LogP contribution in [-0.2, 0) is 0 Å². The maximum atomic E-state index is 11.2. The number of aromatic carboxylic acids is 1. The molecule has 1 aromatic rings. The van der Waals surface area contributed by atoms with Crippen LogP contribution >= 0.6 is 0 Å². The van der Waals surface area contributed by atoms with Crippen molar-refractivity contribution < 1.29 is 19.9 Å². The first-order valence-corrected chi connectivity index (χ1v) is 6.79. The molecule has 1 atom stereocenters. The molecule has 2 N–H and O–H groups in total. The van der Waals surface area contributed by atoms with Gasteiger partial charge in [-0.25, -0.2) is 4.79 Å². The summed E-state index contributed by atoms with van der Waals surface area (Å²) in [6, 6.07) is 4.12. The normalized spacial score (nSPS) is 22.7. The fraction of sp³-hybridized carbons (Fsp3) is 0.500. The van der Waals surface area contributed by atoms with Crippen LogP contribution in [0.2, 0.25) is 0 Å². The Morgan fingerprint density at radius 3 is 2.71 bits per heavy atom. The van der Waals surface area contributed by atoms with Gasteiger partial charge in [0.15, 0.2) is 0 Å². The first-order chi connectivity index (χ1) is 9.80. The standard InChI is InChI=1S/C14H18N2O5/c1-14(19)5-2-7-15(8-6-14)10-3-4-12(16(20)21)11(9-10)13(17)18/h3-4,9,19H,2,5-8H2,1H3,(H,17,18). The molecule has 7 nitrogen and oxygen atoms in total. The third kappa shape index (κ3) is 3.49. The smallest absolute Gasteiger partial charge is 0.342 e. The number of aliphatic hydroxyl groups is 1. The van der Waals surface area contributed by atoms with Crippen LogP contribution < -0.4 is 4.90 Å². The molecule has 1 fully saturated rings. The van der Waals surface area contributed by atoms with Crippen molar-refractivity contribution in [1.29, 1.82) is 0 Å². The predicted molar refractivity (Wildman–Crippen MR) is 76.7 cm³/mol. The third-order valence-corrected chi connectivity index (χ3v) is 3.84. The van der Waals surface area contributed by atoms with Gasteiger partial charge in [-0.1, -0.05) is 0 Å². The summed E-state index contributed by atoms with van der Waals surface area (Å²) in [5.41, 5.74) is -0.803. The first-order valence-electron chi connectivity index (χ1n) is 6.79. The summed E-state index contributed by atoms with van der Waals surface area (Å²) in [6.45, 7) is 3.06. The minimum atomic E-state index is -1.31. The summed E-state index contributed by atoms with van der Waals surface area (Å²) in [5, 5.41) is 30.0. The molecule has 1 aromatic carbocycles. The molecule has 2 rings (SSSR count). The van der Waals surface area contributed by atoms with E-state index in [2.05, 4.69) is 0 Å². The van der Waals surface area contributed by atoms with Gasteiger partial charge in [-0.2, -0.15) is 0 Å². The summed E-state index contributed by atoms with van der Waals surface area (Å²) in [4.78, 5) is 23.3. The fourth-order valence-corrected chi connectivity index (χ4v) is 2.57. The van der Waals surface area contributed by atoms with Gasteiger partial charge < -0.3 is 15.1 Å². The molecule has 0 saturated carbocycles. The topological polar surface area (TPSA) is 104 Å². The Labute approximate surface area is 122 Å². The lowest BCUT2D eigenvalue weighted by molar-refractivity contribution is -0.385. The second-order valence-corrected chi connectivity index (χ2v) is 5.60. The van der Waals surface area contributed by atoms with Crippen LogP contribution in [0.15, 0.2) is 18.2 Å². The molecule has 0 bridgehead atoms. The SMILES string of the molecule is CC1(O)CCCN(c2ccc([N+](=O)[O-])c(C(=O)O)c2)CC1. The first kappa shape index (κ1) is 15.2. The third-order valence-electron chi connectivity index (χ3n) is 3.84. The molecule has 7 heteroatoms. The summed E-state index contributed by atoms with van der Waals surface area (Å²) in [6.07, 6.45) is 2.04. The summed E-state index contributed by atoms with van der Waals surface area (Å²) in [7, 11) is 0. The fourth-order valence-electron chi connectivity index (χ4n) is 2.57. The Balaban J connectivity index is 2.30. The highest BCUT2D eigenvalue weighted by atomic mass is 16.6. The Bertz CT molecular complexity index is 570. The summed E-state index contributed by atoms with van der Waals surface area (Å²) >= 11 is 0. The van der Waals surface area contributed by atoms with Crippen LogP contribution in [0, 0.1) is 10.1 Å². The molecule has 1 saturated heterocycles. The highest BCUT2D eigenvalue weighted by Crippen LogP contribution is 2.29. The molecule has 0 radical (unpaired) electrons. The number of nitro benzene ring substituents is 1. The van der Waals surface area contributed by atoms with Crippen LogP contribution in [0.5, 0.6) is 0 Å². The zero-order valence-corrected chi connectivity index (χ0v) is 11.8. The largest absolute Gasteiger partial charge is 0.477 e. The maximum absolute atomic E-state index is 11.2. The molecule has 1 unspecified atom stereocenters. The number of rotatable bonds is 3. The molecular formula is C14H18N2O5. The number of hydrogen-bond donors (Lipinski definition) is 2. The average Bonchev–Trinajstić information content (AvgIpc) is 2.59. The van der Waals surface area contributed by atoms with Gasteiger partial charge in [0.2, 0.25) is 0 Å². The number of carbonyl (C=O) groups is 1. The molecule has 0 aliphatic carbocycles. The quantitative estimate of drug-likeness (QED) is 0.653. The van der Waals surface area contributed by atoms with Gasteiger partial charge in [-0.05, 0) is 38.3 Å². The van der Waals surface area contributed by atoms with Crippen molar-refractivity contribution in [1.82, 2.24) is 0 Å². The Kier molecular flexibility index (Phi) is 4.13. The number of nitrogens with zero attached hydrogens (tertiary/aromatic N) is 2. The zero-order valence-electron chi connectivity index (χ0n) is 11.8. The van der Waals surface area contributed by atoms with Crippen LogP contribution in [0.4, 0.5) is 11.4 Å². The highest BCUT2D eigenvalue weighted by Gasteiger charge is 2.26. The van der Waals surface area contributed by atoms with E-state index in [0.29, 0.717) is 31.6 Å². The van der Waals surface area contributed by atoms with E-state index in [1.807, 2.05) is 4.90 Å². The van der Waals surface area contributed by atoms with E-state index in [4.69, 9.17) is 5.11 Å². The van der Waals surface area contributed by atoms with Crippen molar-refractivity contribution in [2.24, 2.45) is 0 Å². The second-order valence-electron chi connectivity index (χ2n) is 5.60. The molecule has 1 aliphatic rings. The highest BCUT2D eigenvalue weighted by molar-refractivity contribution is 5.93. The minimum absolute atomic E-state index is 0.312. The second kappa shape index (κ2) is 5.69. The molecule has 1 heterocycles. The summed E-state index contributed by atoms with van der Waals surface area (Å²) < 4.78 is 0. The van der Waals surface area contributed by atoms with Gasteiger partial charge in [0.25, 0.3) is 5.69 Å². The van der Waals surface area contributed by atoms with Gasteiger partial charge in [0.05, 0.1) is 10.5 Å². The van der Waals surface area contributed by atoms with Gasteiger partial charge >= 0.3 is 5.97 Å². The number of anilines is 1. The van der Waals surface area contributed by atoms with Gasteiger partial charge in [-0.3, -0.25) is 10.1 Å². The van der Waals surface area contributed by atoms with Crippen molar-refractivity contribution in [2.75, 3.05) is 18.0 Å². The molecule has 21 heavy (non-hydrogen) atoms. The van der Waals surface area contributed by atoms with E-state index in [-0.39, 0.29) is 5.56 Å². The molecule has 1 aliphatic heterocycles. The Morgan fingerprint density at radius 1 is 1.38 bits per heavy atom. The molecule has 0 spiro atoms. The van der Waals surface area contributed by atoms with Crippen molar-refractivity contribution in [3.63, 3.8) is 0 Å². The van der Waals surface area contributed by atoms with Crippen molar-refractivity contribution in [3.8, 4) is 0 Å². The number of carboxylic acid groups (broad SMARTS) is 1. The average molecular weight is 294 g/mol. The lowest BCUT2D eigenvalue weighted by Gasteiger charge is -2.24. The van der Waals surface area contributed by atoms with E-state index in [1.54, 1.807) is 13.0 Å². The van der Waals surface area contributed by atoms with E-state index < -0.39 is 22.2 Å². The molecule has 0 amide bonds. The van der Waals surface area contributed by atoms with E-state index in [0.717, 1.165) is 6.42 Å². The van der Waals surface area contributed by atoms with Crippen molar-refractivity contribution >= 4 is 17.3 Å². The number of hydrogen-bond acceptors (Lipinski definition) is 5. The van der Waals surface area contributed by atoms with Crippen LogP contribution in [0.1, 0.15) is 36.5 Å². The van der Waals surface area contributed by atoms with Crippen LogP contribution in [0.3, 0.4) is 0 Å². The van der Waals surface area contributed by atoms with Gasteiger partial charge in [0, 0.05) is 24.8 Å². The van der Waals surface area contributed by atoms with Gasteiger partial charge in [0.1, 0.15) is 5.56 Å². The molecule has 114 valence electrons. The number of benzene rings is 1. The molecule has 0 aromatic heterocycles. The lowest BCUT2D eigenvalue weighted by atomic mass is 9.98. The van der Waals surface area contributed by atoms with E-state index in [1.165, 1.54) is 12.1 Å². The predicted octanol–water partition coefficient (Wildman–Crippen LogP) is 2.03. The van der Waals surface area contributed by atoms with E-state index in [9.17, 15) is 20.0 Å². The van der Waals surface area contributed by atoms with Gasteiger partial charge in [-0.15, -0.1) is 0 Å². The minimum Gasteiger partial charge on any atom is -0.477 e. The van der Waals surface area contributed by atoms with Crippen LogP contribution in [0.25, 0.3) is 0 Å². The zero-order chi connectivity index (χ0) is 15.6. The van der Waals surface area contributed by atoms with E-state index >= 15 is 0 Å². The lowest BCUT2D eigenvalue weighted by Crippen LogP contribution is -2.28. The number of nitro groups is 1. The molecular weight excluding hydrogens is 276 g/mol.